The van der Waals surface area contributed by atoms with E-state index in [1.54, 1.807) is 13.8 Å². The van der Waals surface area contributed by atoms with Crippen LogP contribution < -0.4 is 38.5 Å². The van der Waals surface area contributed by atoms with Crippen LogP contribution in [0.25, 0.3) is 0 Å². The maximum absolute atomic E-state index is 12.7. The van der Waals surface area contributed by atoms with Gasteiger partial charge in [0.25, 0.3) is 11.8 Å². The molecule has 0 radical (unpaired) electrons. The monoisotopic (exact) mass is 403 g/mol. The van der Waals surface area contributed by atoms with Crippen molar-refractivity contribution >= 4 is 23.9 Å². The van der Waals surface area contributed by atoms with E-state index in [4.69, 9.17) is 11.5 Å². The number of carbonyl (C=O) groups excluding carboxylic acids is 4. The fourth-order valence-corrected chi connectivity index (χ4v) is 2.97. The molecule has 1 aliphatic rings. The Morgan fingerprint density at radius 1 is 0.828 bits per heavy atom. The number of urea groups is 2. The van der Waals surface area contributed by atoms with Crippen LogP contribution in [0.5, 0.6) is 5.75 Å². The van der Waals surface area contributed by atoms with E-state index in [9.17, 15) is 24.3 Å². The SMILES string of the molecule is CC1=C(C(=O)NNC(N)=O)C(c2ccc(O)cc2)C(C(=O)NNC(N)=O)=C(C)N1. The molecule has 0 atom stereocenters. The van der Waals surface area contributed by atoms with Crippen molar-refractivity contribution in [2.75, 3.05) is 0 Å². The van der Waals surface area contributed by atoms with Crippen molar-refractivity contribution in [1.29, 1.82) is 0 Å². The van der Waals surface area contributed by atoms with Crippen molar-refractivity contribution in [3.8, 4) is 5.75 Å². The van der Waals surface area contributed by atoms with E-state index in [0.29, 0.717) is 17.0 Å². The molecule has 1 heterocycles. The van der Waals surface area contributed by atoms with Gasteiger partial charge in [-0.1, -0.05) is 12.1 Å². The Morgan fingerprint density at radius 3 is 1.62 bits per heavy atom. The van der Waals surface area contributed by atoms with Gasteiger partial charge >= 0.3 is 12.1 Å². The number of phenols is 1. The Labute approximate surface area is 165 Å². The first kappa shape index (κ1) is 21.1. The van der Waals surface area contributed by atoms with Crippen molar-refractivity contribution in [3.63, 3.8) is 0 Å². The maximum atomic E-state index is 12.7. The molecule has 0 aromatic heterocycles. The van der Waals surface area contributed by atoms with E-state index < -0.39 is 29.8 Å². The average Bonchev–Trinajstić information content (AvgIpc) is 2.64. The number of dihydropyridines is 1. The van der Waals surface area contributed by atoms with Crippen LogP contribution in [-0.4, -0.2) is 29.0 Å². The molecule has 10 N–H and O–H groups in total. The lowest BCUT2D eigenvalue weighted by atomic mass is 9.79. The van der Waals surface area contributed by atoms with Gasteiger partial charge in [0.2, 0.25) is 0 Å². The fourth-order valence-electron chi connectivity index (χ4n) is 2.97. The molecule has 0 unspecified atom stereocenters. The second-order valence-corrected chi connectivity index (χ2v) is 6.11. The predicted octanol–water partition coefficient (Wildman–Crippen LogP) is -0.974. The molecule has 0 spiro atoms. The van der Waals surface area contributed by atoms with Crippen LogP contribution in [0.2, 0.25) is 0 Å². The number of benzene rings is 1. The molecule has 154 valence electrons. The number of hydrogen-bond acceptors (Lipinski definition) is 6. The predicted molar refractivity (Wildman–Crippen MR) is 101 cm³/mol. The average molecular weight is 403 g/mol. The normalized spacial score (nSPS) is 14.0. The molecular weight excluding hydrogens is 382 g/mol. The molecule has 6 amide bonds. The molecule has 29 heavy (non-hydrogen) atoms. The summed E-state index contributed by atoms with van der Waals surface area (Å²) in [6.07, 6.45) is 0. The summed E-state index contributed by atoms with van der Waals surface area (Å²) in [4.78, 5) is 47.3. The number of nitrogens with two attached hydrogens (primary N) is 2. The second kappa shape index (κ2) is 8.65. The first-order valence-corrected chi connectivity index (χ1v) is 8.30. The van der Waals surface area contributed by atoms with E-state index >= 15 is 0 Å². The summed E-state index contributed by atoms with van der Waals surface area (Å²) in [5.74, 6) is -2.34. The van der Waals surface area contributed by atoms with Gasteiger partial charge in [0, 0.05) is 28.5 Å². The van der Waals surface area contributed by atoms with Crippen molar-refractivity contribution in [1.82, 2.24) is 27.0 Å². The molecule has 2 rings (SSSR count). The van der Waals surface area contributed by atoms with Crippen LogP contribution in [0.15, 0.2) is 46.8 Å². The molecule has 0 saturated carbocycles. The minimum absolute atomic E-state index is 0.00752. The Hall–Kier alpha value is -4.22. The van der Waals surface area contributed by atoms with Crippen molar-refractivity contribution in [2.24, 2.45) is 11.5 Å². The Bertz CT molecular complexity index is 869. The standard InChI is InChI=1S/C17H21N7O5/c1-7-11(14(26)21-23-16(18)28)13(9-3-5-10(25)6-4-9)12(8(2)20-7)15(27)22-24-17(19)29/h3-6,13,20,25H,1-2H3,(H,21,26)(H,22,27)(H3,18,23,28)(H3,19,24,29). The smallest absolute Gasteiger partial charge is 0.330 e. The molecule has 1 aromatic rings. The largest absolute Gasteiger partial charge is 0.508 e. The molecule has 0 saturated heterocycles. The highest BCUT2D eigenvalue weighted by atomic mass is 16.3. The van der Waals surface area contributed by atoms with Gasteiger partial charge in [-0.25, -0.2) is 20.4 Å². The third kappa shape index (κ3) is 4.94. The Balaban J connectivity index is 2.53. The van der Waals surface area contributed by atoms with E-state index in [-0.39, 0.29) is 16.9 Å². The van der Waals surface area contributed by atoms with E-state index in [1.165, 1.54) is 24.3 Å². The van der Waals surface area contributed by atoms with Gasteiger partial charge in [0.15, 0.2) is 0 Å². The summed E-state index contributed by atoms with van der Waals surface area (Å²) in [6, 6.07) is 3.92. The van der Waals surface area contributed by atoms with Gasteiger partial charge in [-0.3, -0.25) is 20.4 Å². The number of aromatic hydroxyl groups is 1. The lowest BCUT2D eigenvalue weighted by molar-refractivity contribution is -0.119. The highest BCUT2D eigenvalue weighted by Gasteiger charge is 2.36. The van der Waals surface area contributed by atoms with E-state index in [2.05, 4.69) is 16.2 Å². The molecule has 0 bridgehead atoms. The number of nitrogens with one attached hydrogen (secondary N) is 5. The molecule has 12 heteroatoms. The molecule has 0 fully saturated rings. The third-order valence-corrected chi connectivity index (χ3v) is 4.07. The minimum atomic E-state index is -0.975. The van der Waals surface area contributed by atoms with E-state index in [1.807, 2.05) is 10.9 Å². The van der Waals surface area contributed by atoms with Gasteiger partial charge in [0.05, 0.1) is 0 Å². The third-order valence-electron chi connectivity index (χ3n) is 4.07. The van der Waals surface area contributed by atoms with Crippen LogP contribution in [0.3, 0.4) is 0 Å². The van der Waals surface area contributed by atoms with Crippen molar-refractivity contribution in [3.05, 3.63) is 52.4 Å². The minimum Gasteiger partial charge on any atom is -0.508 e. The topological polar surface area (TPSA) is 201 Å². The van der Waals surface area contributed by atoms with Gasteiger partial charge in [-0.2, -0.15) is 0 Å². The zero-order valence-corrected chi connectivity index (χ0v) is 15.6. The highest BCUT2D eigenvalue weighted by molar-refractivity contribution is 6.04. The van der Waals surface area contributed by atoms with Gasteiger partial charge in [-0.15, -0.1) is 0 Å². The van der Waals surface area contributed by atoms with Crippen LogP contribution in [-0.2, 0) is 9.59 Å². The molecule has 0 aliphatic carbocycles. The Kier molecular flexibility index (Phi) is 6.29. The number of hydrazine groups is 2. The van der Waals surface area contributed by atoms with Crippen molar-refractivity contribution < 1.29 is 24.3 Å². The molecular formula is C17H21N7O5. The first-order chi connectivity index (χ1) is 13.6. The van der Waals surface area contributed by atoms with Crippen LogP contribution >= 0.6 is 0 Å². The summed E-state index contributed by atoms with van der Waals surface area (Å²) in [6.45, 7) is 3.23. The lowest BCUT2D eigenvalue weighted by Crippen LogP contribution is -2.49. The van der Waals surface area contributed by atoms with Crippen molar-refractivity contribution in [2.45, 2.75) is 19.8 Å². The summed E-state index contributed by atoms with van der Waals surface area (Å²) in [7, 11) is 0. The molecule has 12 nitrogen and oxygen atoms in total. The zero-order chi connectivity index (χ0) is 21.7. The summed E-state index contributed by atoms with van der Waals surface area (Å²) in [5.41, 5.74) is 19.8. The van der Waals surface area contributed by atoms with E-state index in [0.717, 1.165) is 0 Å². The quantitative estimate of drug-likeness (QED) is 0.298. The van der Waals surface area contributed by atoms with Gasteiger partial charge < -0.3 is 21.9 Å². The number of phenolic OH excluding ortho intramolecular Hbond substituents is 1. The van der Waals surface area contributed by atoms with Crippen LogP contribution in [0.4, 0.5) is 9.59 Å². The number of rotatable bonds is 3. The highest BCUT2D eigenvalue weighted by Crippen LogP contribution is 2.38. The van der Waals surface area contributed by atoms with Crippen LogP contribution in [0.1, 0.15) is 25.3 Å². The second-order valence-electron chi connectivity index (χ2n) is 6.11. The summed E-state index contributed by atoms with van der Waals surface area (Å²) >= 11 is 0. The number of carbonyl (C=O) groups is 4. The number of hydrogen-bond donors (Lipinski definition) is 8. The summed E-state index contributed by atoms with van der Waals surface area (Å²) < 4.78 is 0. The van der Waals surface area contributed by atoms with Gasteiger partial charge in [-0.05, 0) is 31.5 Å². The maximum Gasteiger partial charge on any atom is 0.330 e. The fraction of sp³-hybridized carbons (Fsp3) is 0.176. The number of primary amides is 2. The number of allylic oxidation sites excluding steroid dienone is 2. The summed E-state index contributed by atoms with van der Waals surface area (Å²) in [5, 5.41) is 12.5. The van der Waals surface area contributed by atoms with Crippen LogP contribution in [0, 0.1) is 0 Å². The zero-order valence-electron chi connectivity index (χ0n) is 15.6. The molecule has 1 aliphatic heterocycles. The molecule has 1 aromatic carbocycles. The Morgan fingerprint density at radius 2 is 1.24 bits per heavy atom. The number of amides is 6. The lowest BCUT2D eigenvalue weighted by Gasteiger charge is -2.31. The first-order valence-electron chi connectivity index (χ1n) is 8.30. The van der Waals surface area contributed by atoms with Gasteiger partial charge in [0.1, 0.15) is 5.75 Å².